The molecule has 0 bridgehead atoms. The van der Waals surface area contributed by atoms with Crippen LogP contribution in [0.3, 0.4) is 0 Å². The zero-order chi connectivity index (χ0) is 26.4. The van der Waals surface area contributed by atoms with E-state index in [2.05, 4.69) is 10.2 Å². The molecule has 36 heavy (non-hydrogen) atoms. The predicted molar refractivity (Wildman–Crippen MR) is 123 cm³/mol. The Morgan fingerprint density at radius 2 is 1.47 bits per heavy atom. The van der Waals surface area contributed by atoms with E-state index in [9.17, 15) is 19.2 Å². The van der Waals surface area contributed by atoms with E-state index in [1.165, 1.54) is 11.6 Å². The van der Waals surface area contributed by atoms with Crippen molar-refractivity contribution in [3.05, 3.63) is 30.3 Å². The van der Waals surface area contributed by atoms with E-state index in [0.717, 1.165) is 32.5 Å². The van der Waals surface area contributed by atoms with Gasteiger partial charge in [0.05, 0.1) is 0 Å². The van der Waals surface area contributed by atoms with E-state index in [1.807, 2.05) is 18.2 Å². The van der Waals surface area contributed by atoms with E-state index in [1.54, 1.807) is 12.1 Å². The van der Waals surface area contributed by atoms with Gasteiger partial charge < -0.3 is 29.5 Å². The van der Waals surface area contributed by atoms with E-state index < -0.39 is 53.7 Å². The van der Waals surface area contributed by atoms with Crippen molar-refractivity contribution in [3.63, 3.8) is 0 Å². The van der Waals surface area contributed by atoms with Crippen LogP contribution in [0.15, 0.2) is 35.5 Å². The topological polar surface area (TPSA) is 171 Å². The smallest absolute Gasteiger partial charge is 0.303 e. The van der Waals surface area contributed by atoms with Crippen molar-refractivity contribution < 1.29 is 42.9 Å². The minimum atomic E-state index is -1.29. The third kappa shape index (κ3) is 6.73. The summed E-state index contributed by atoms with van der Waals surface area (Å²) in [6.07, 6.45) is -4.85. The number of benzene rings is 1. The van der Waals surface area contributed by atoms with Gasteiger partial charge in [-0.15, -0.1) is 10.2 Å². The average molecular weight is 523 g/mol. The van der Waals surface area contributed by atoms with Crippen LogP contribution in [0.1, 0.15) is 27.7 Å². The summed E-state index contributed by atoms with van der Waals surface area (Å²) >= 11 is 0.939. The number of rotatable bonds is 8. The molecule has 0 spiro atoms. The van der Waals surface area contributed by atoms with Gasteiger partial charge >= 0.3 is 23.9 Å². The molecule has 1 fully saturated rings. The first kappa shape index (κ1) is 26.9. The summed E-state index contributed by atoms with van der Waals surface area (Å²) in [5.41, 5.74) is -0.360. The summed E-state index contributed by atoms with van der Waals surface area (Å²) in [5, 5.41) is 8.41. The highest BCUT2D eigenvalue weighted by molar-refractivity contribution is 7.99. The van der Waals surface area contributed by atoms with Crippen molar-refractivity contribution in [3.8, 4) is 11.4 Å². The van der Waals surface area contributed by atoms with Crippen molar-refractivity contribution in [1.82, 2.24) is 14.9 Å². The van der Waals surface area contributed by atoms with Crippen molar-refractivity contribution >= 4 is 35.6 Å². The monoisotopic (exact) mass is 522 g/mol. The summed E-state index contributed by atoms with van der Waals surface area (Å²) < 4.78 is 28.6. The van der Waals surface area contributed by atoms with Crippen molar-refractivity contribution in [2.75, 3.05) is 12.4 Å². The first-order chi connectivity index (χ1) is 17.1. The molecule has 13 nitrogen and oxygen atoms in total. The molecule has 3 rings (SSSR count). The maximum atomic E-state index is 12.0. The molecule has 0 aliphatic carbocycles. The van der Waals surface area contributed by atoms with Crippen molar-refractivity contribution in [2.24, 2.45) is 0 Å². The molecular weight excluding hydrogens is 496 g/mol. The molecule has 2 aromatic rings. The molecule has 1 aliphatic rings. The van der Waals surface area contributed by atoms with Gasteiger partial charge in [0, 0.05) is 33.3 Å². The second kappa shape index (κ2) is 11.9. The lowest BCUT2D eigenvalue weighted by atomic mass is 9.99. The lowest BCUT2D eigenvalue weighted by molar-refractivity contribution is -0.237. The van der Waals surface area contributed by atoms with Gasteiger partial charge in [-0.05, 0) is 11.8 Å². The molecule has 0 unspecified atom stereocenters. The van der Waals surface area contributed by atoms with Gasteiger partial charge in [-0.2, -0.15) is 0 Å². The Kier molecular flexibility index (Phi) is 8.88. The Morgan fingerprint density at radius 1 is 0.889 bits per heavy atom. The van der Waals surface area contributed by atoms with Crippen LogP contribution in [-0.4, -0.2) is 75.2 Å². The largest absolute Gasteiger partial charge is 0.463 e. The zero-order valence-corrected chi connectivity index (χ0v) is 20.8. The number of ether oxygens (including phenoxy) is 5. The number of esters is 4. The number of hydrogen-bond acceptors (Lipinski definition) is 13. The van der Waals surface area contributed by atoms with Crippen LogP contribution in [0.2, 0.25) is 0 Å². The molecule has 0 radical (unpaired) electrons. The third-order valence-corrected chi connectivity index (χ3v) is 5.97. The van der Waals surface area contributed by atoms with Crippen LogP contribution in [0.5, 0.6) is 0 Å². The average Bonchev–Trinajstić information content (AvgIpc) is 3.16. The van der Waals surface area contributed by atoms with Crippen LogP contribution < -0.4 is 5.84 Å². The number of nitrogens with zero attached hydrogens (tertiary/aromatic N) is 3. The summed E-state index contributed by atoms with van der Waals surface area (Å²) in [7, 11) is 0. The lowest BCUT2D eigenvalue weighted by Gasteiger charge is -2.43. The normalized spacial score (nSPS) is 23.4. The summed E-state index contributed by atoms with van der Waals surface area (Å²) in [5.74, 6) is 3.84. The van der Waals surface area contributed by atoms with Gasteiger partial charge in [-0.1, -0.05) is 30.3 Å². The van der Waals surface area contributed by atoms with E-state index >= 15 is 0 Å². The predicted octanol–water partition coefficient (Wildman–Crippen LogP) is 0.834. The van der Waals surface area contributed by atoms with E-state index in [4.69, 9.17) is 29.5 Å². The van der Waals surface area contributed by atoms with Crippen molar-refractivity contribution in [2.45, 2.75) is 62.7 Å². The molecule has 1 saturated heterocycles. The Labute approximate surface area is 210 Å². The SMILES string of the molecule is CC(=O)OC[C@@H]1O[C@H](Sc2nnc(-c3ccccc3)n2N)[C@H](OC(C)=O)[C@H](OC(C)=O)[C@@H]1OC(C)=O. The van der Waals surface area contributed by atoms with Gasteiger partial charge in [0.25, 0.3) is 0 Å². The van der Waals surface area contributed by atoms with Gasteiger partial charge in [-0.3, -0.25) is 19.2 Å². The number of nitrogen functional groups attached to an aromatic ring is 1. The summed E-state index contributed by atoms with van der Waals surface area (Å²) in [6, 6.07) is 9.08. The number of carbonyl (C=O) groups excluding carboxylic acids is 4. The van der Waals surface area contributed by atoms with Crippen LogP contribution in [-0.2, 0) is 42.9 Å². The zero-order valence-electron chi connectivity index (χ0n) is 20.0. The highest BCUT2D eigenvalue weighted by Gasteiger charge is 2.52. The van der Waals surface area contributed by atoms with E-state index in [-0.39, 0.29) is 11.8 Å². The molecule has 2 heterocycles. The Balaban J connectivity index is 1.99. The van der Waals surface area contributed by atoms with Crippen molar-refractivity contribution in [1.29, 1.82) is 0 Å². The third-order valence-electron chi connectivity index (χ3n) is 4.87. The number of nitrogens with two attached hydrogens (primary N) is 1. The highest BCUT2D eigenvalue weighted by atomic mass is 32.2. The van der Waals surface area contributed by atoms with Crippen LogP contribution in [0, 0.1) is 0 Å². The lowest BCUT2D eigenvalue weighted by Crippen LogP contribution is -2.61. The van der Waals surface area contributed by atoms with Gasteiger partial charge in [0.1, 0.15) is 12.7 Å². The first-order valence-electron chi connectivity index (χ1n) is 10.8. The number of aromatic nitrogens is 3. The van der Waals surface area contributed by atoms with E-state index in [0.29, 0.717) is 11.4 Å². The minimum Gasteiger partial charge on any atom is -0.463 e. The number of thioether (sulfide) groups is 1. The molecule has 0 saturated carbocycles. The maximum Gasteiger partial charge on any atom is 0.303 e. The maximum absolute atomic E-state index is 12.0. The molecule has 194 valence electrons. The standard InChI is InChI=1S/C22H26N4O9S/c1-11(27)31-10-16-17(32-12(2)28)18(33-13(3)29)19(34-14(4)30)21(35-16)36-22-25-24-20(26(22)23)15-8-6-5-7-9-15/h5-9,16-19,21H,10,23H2,1-4H3/t16-,17+,18+,19+,21+/m0/s1. The second-order valence-electron chi connectivity index (χ2n) is 7.73. The minimum absolute atomic E-state index is 0.190. The molecule has 5 atom stereocenters. The second-order valence-corrected chi connectivity index (χ2v) is 8.79. The quantitative estimate of drug-likeness (QED) is 0.294. The fraction of sp³-hybridized carbons (Fsp3) is 0.455. The molecule has 1 aromatic heterocycles. The molecule has 2 N–H and O–H groups in total. The van der Waals surface area contributed by atoms with Gasteiger partial charge in [-0.25, -0.2) is 4.68 Å². The van der Waals surface area contributed by atoms with Crippen LogP contribution in [0.4, 0.5) is 0 Å². The Morgan fingerprint density at radius 3 is 2.06 bits per heavy atom. The summed E-state index contributed by atoms with van der Waals surface area (Å²) in [4.78, 5) is 47.2. The van der Waals surface area contributed by atoms with Gasteiger partial charge in [0.2, 0.25) is 5.16 Å². The Bertz CT molecular complexity index is 1110. The number of hydrogen-bond donors (Lipinski definition) is 1. The molecule has 1 aliphatic heterocycles. The van der Waals surface area contributed by atoms with Gasteiger partial charge in [0.15, 0.2) is 29.6 Å². The fourth-order valence-electron chi connectivity index (χ4n) is 3.53. The van der Waals surface area contributed by atoms with Crippen LogP contribution in [0.25, 0.3) is 11.4 Å². The molecule has 14 heteroatoms. The van der Waals surface area contributed by atoms with Crippen LogP contribution >= 0.6 is 11.8 Å². The molecule has 1 aromatic carbocycles. The Hall–Kier alpha value is -3.65. The summed E-state index contributed by atoms with van der Waals surface area (Å²) in [6.45, 7) is 4.33. The molecule has 0 amide bonds. The highest BCUT2D eigenvalue weighted by Crippen LogP contribution is 2.37. The first-order valence-corrected chi connectivity index (χ1v) is 11.7. The fourth-order valence-corrected chi connectivity index (χ4v) is 4.57. The molecular formula is C22H26N4O9S. The number of carbonyl (C=O) groups is 4.